The van der Waals surface area contributed by atoms with E-state index in [-0.39, 0.29) is 5.24 Å². The van der Waals surface area contributed by atoms with Gasteiger partial charge in [0, 0.05) is 17.8 Å². The van der Waals surface area contributed by atoms with Crippen molar-refractivity contribution in [3.05, 3.63) is 34.9 Å². The fourth-order valence-corrected chi connectivity index (χ4v) is 1.80. The minimum absolute atomic E-state index is 0.0417. The first-order valence-corrected chi connectivity index (χ1v) is 5.18. The molecule has 0 atom stereocenters. The number of rotatable bonds is 2. The second kappa shape index (κ2) is 5.14. The molecule has 0 aliphatic rings. The number of thioether (sulfide) groups is 1. The van der Waals surface area contributed by atoms with Crippen LogP contribution in [-0.2, 0) is 5.75 Å². The van der Waals surface area contributed by atoms with Gasteiger partial charge in [0.25, 0.3) is 5.24 Å². The van der Waals surface area contributed by atoms with Gasteiger partial charge in [-0.1, -0.05) is 41.6 Å². The van der Waals surface area contributed by atoms with Gasteiger partial charge in [0.2, 0.25) is 0 Å². The first-order valence-electron chi connectivity index (χ1n) is 3.82. The number of benzene rings is 1. The summed E-state index contributed by atoms with van der Waals surface area (Å²) in [6.07, 6.45) is 0. The normalized spacial score (nSPS) is 9.69. The van der Waals surface area contributed by atoms with E-state index in [9.17, 15) is 4.79 Å². The maximum Gasteiger partial charge on any atom is 0.279 e. The SMILES string of the molecule is CNC(=O)SCc1ccccc1Cl. The summed E-state index contributed by atoms with van der Waals surface area (Å²) >= 11 is 7.12. The van der Waals surface area contributed by atoms with Crippen LogP contribution in [0.2, 0.25) is 5.02 Å². The molecule has 1 N–H and O–H groups in total. The number of carbonyl (C=O) groups is 1. The summed E-state index contributed by atoms with van der Waals surface area (Å²) in [5.41, 5.74) is 0.984. The summed E-state index contributed by atoms with van der Waals surface area (Å²) in [7, 11) is 1.61. The Morgan fingerprint density at radius 2 is 2.23 bits per heavy atom. The molecule has 70 valence electrons. The quantitative estimate of drug-likeness (QED) is 0.822. The third-order valence-electron chi connectivity index (χ3n) is 1.52. The van der Waals surface area contributed by atoms with Crippen molar-refractivity contribution in [3.63, 3.8) is 0 Å². The molecule has 2 nitrogen and oxygen atoms in total. The second-order valence-electron chi connectivity index (χ2n) is 2.42. The minimum atomic E-state index is -0.0417. The lowest BCUT2D eigenvalue weighted by Gasteiger charge is -2.01. The highest BCUT2D eigenvalue weighted by Gasteiger charge is 2.02. The molecule has 0 saturated carbocycles. The maximum atomic E-state index is 10.9. The molecular weight excluding hydrogens is 206 g/mol. The van der Waals surface area contributed by atoms with Crippen LogP contribution >= 0.6 is 23.4 Å². The molecule has 0 heterocycles. The van der Waals surface area contributed by atoms with Crippen LogP contribution in [0, 0.1) is 0 Å². The van der Waals surface area contributed by atoms with Crippen molar-refractivity contribution >= 4 is 28.6 Å². The molecule has 4 heteroatoms. The summed E-state index contributed by atoms with van der Waals surface area (Å²) in [5, 5.41) is 3.20. The summed E-state index contributed by atoms with van der Waals surface area (Å²) in [6, 6.07) is 7.52. The van der Waals surface area contributed by atoms with Gasteiger partial charge >= 0.3 is 0 Å². The van der Waals surface area contributed by atoms with Crippen molar-refractivity contribution in [2.45, 2.75) is 5.75 Å². The third kappa shape index (κ3) is 3.28. The lowest BCUT2D eigenvalue weighted by atomic mass is 10.2. The largest absolute Gasteiger partial charge is 0.350 e. The molecule has 0 unspecified atom stereocenters. The molecule has 0 radical (unpaired) electrons. The minimum Gasteiger partial charge on any atom is -0.350 e. The lowest BCUT2D eigenvalue weighted by molar-refractivity contribution is 0.262. The van der Waals surface area contributed by atoms with E-state index < -0.39 is 0 Å². The van der Waals surface area contributed by atoms with Gasteiger partial charge < -0.3 is 5.32 Å². The van der Waals surface area contributed by atoms with E-state index in [1.54, 1.807) is 7.05 Å². The van der Waals surface area contributed by atoms with Crippen molar-refractivity contribution in [1.82, 2.24) is 5.32 Å². The zero-order chi connectivity index (χ0) is 9.68. The second-order valence-corrected chi connectivity index (χ2v) is 3.77. The lowest BCUT2D eigenvalue weighted by Crippen LogP contribution is -2.11. The van der Waals surface area contributed by atoms with Crippen molar-refractivity contribution < 1.29 is 4.79 Å². The third-order valence-corrected chi connectivity index (χ3v) is 2.81. The molecule has 0 spiro atoms. The van der Waals surface area contributed by atoms with Crippen LogP contribution in [0.15, 0.2) is 24.3 Å². The summed E-state index contributed by atoms with van der Waals surface area (Å²) in [4.78, 5) is 10.9. The van der Waals surface area contributed by atoms with Gasteiger partial charge in [-0.05, 0) is 11.6 Å². The van der Waals surface area contributed by atoms with Gasteiger partial charge in [0.15, 0.2) is 0 Å². The number of amides is 1. The van der Waals surface area contributed by atoms with Crippen LogP contribution in [0.1, 0.15) is 5.56 Å². The number of hydrogen-bond acceptors (Lipinski definition) is 2. The van der Waals surface area contributed by atoms with Gasteiger partial charge in [-0.15, -0.1) is 0 Å². The van der Waals surface area contributed by atoms with Gasteiger partial charge in [0.05, 0.1) is 0 Å². The smallest absolute Gasteiger partial charge is 0.279 e. The molecule has 0 aliphatic carbocycles. The number of halogens is 1. The molecule has 0 bridgehead atoms. The predicted octanol–water partition coefficient (Wildman–Crippen LogP) is 2.91. The van der Waals surface area contributed by atoms with Crippen LogP contribution in [-0.4, -0.2) is 12.3 Å². The van der Waals surface area contributed by atoms with Gasteiger partial charge in [-0.3, -0.25) is 4.79 Å². The molecule has 1 aromatic rings. The van der Waals surface area contributed by atoms with E-state index in [2.05, 4.69) is 5.32 Å². The van der Waals surface area contributed by atoms with Crippen LogP contribution in [0.5, 0.6) is 0 Å². The molecule has 0 fully saturated rings. The Morgan fingerprint density at radius 3 is 2.85 bits per heavy atom. The highest BCUT2D eigenvalue weighted by Crippen LogP contribution is 2.20. The first-order chi connectivity index (χ1) is 6.24. The Balaban J connectivity index is 2.54. The maximum absolute atomic E-state index is 10.9. The Labute approximate surface area is 86.7 Å². The summed E-state index contributed by atoms with van der Waals surface area (Å²) in [5.74, 6) is 0.610. The molecular formula is C9H10ClNOS. The van der Waals surface area contributed by atoms with E-state index in [1.165, 1.54) is 11.8 Å². The number of carbonyl (C=O) groups excluding carboxylic acids is 1. The highest BCUT2D eigenvalue weighted by atomic mass is 35.5. The van der Waals surface area contributed by atoms with Crippen LogP contribution in [0.25, 0.3) is 0 Å². The van der Waals surface area contributed by atoms with Gasteiger partial charge in [-0.25, -0.2) is 0 Å². The highest BCUT2D eigenvalue weighted by molar-refractivity contribution is 8.12. The average molecular weight is 216 g/mol. The molecule has 1 amide bonds. The van der Waals surface area contributed by atoms with E-state index in [0.29, 0.717) is 10.8 Å². The van der Waals surface area contributed by atoms with E-state index in [1.807, 2.05) is 24.3 Å². The van der Waals surface area contributed by atoms with Gasteiger partial charge in [0.1, 0.15) is 0 Å². The standard InChI is InChI=1S/C9H10ClNOS/c1-11-9(12)13-6-7-4-2-3-5-8(7)10/h2-5H,6H2,1H3,(H,11,12). The van der Waals surface area contributed by atoms with Crippen LogP contribution in [0.3, 0.4) is 0 Å². The van der Waals surface area contributed by atoms with Crippen molar-refractivity contribution in [2.75, 3.05) is 7.05 Å². The molecule has 1 aromatic carbocycles. The Morgan fingerprint density at radius 1 is 1.54 bits per heavy atom. The number of hydrogen-bond donors (Lipinski definition) is 1. The van der Waals surface area contributed by atoms with Crippen molar-refractivity contribution in [1.29, 1.82) is 0 Å². The Kier molecular flexibility index (Phi) is 4.12. The predicted molar refractivity (Wildman–Crippen MR) is 57.2 cm³/mol. The van der Waals surface area contributed by atoms with Gasteiger partial charge in [-0.2, -0.15) is 0 Å². The molecule has 0 saturated heterocycles. The Bertz CT molecular complexity index is 303. The van der Waals surface area contributed by atoms with E-state index in [4.69, 9.17) is 11.6 Å². The first kappa shape index (κ1) is 10.4. The molecule has 0 aromatic heterocycles. The zero-order valence-corrected chi connectivity index (χ0v) is 8.78. The Hall–Kier alpha value is -0.670. The molecule has 0 aliphatic heterocycles. The molecule has 13 heavy (non-hydrogen) atoms. The summed E-state index contributed by atoms with van der Waals surface area (Å²) < 4.78 is 0. The summed E-state index contributed by atoms with van der Waals surface area (Å²) in [6.45, 7) is 0. The number of nitrogens with one attached hydrogen (secondary N) is 1. The zero-order valence-electron chi connectivity index (χ0n) is 7.21. The topological polar surface area (TPSA) is 29.1 Å². The van der Waals surface area contributed by atoms with E-state index >= 15 is 0 Å². The van der Waals surface area contributed by atoms with Crippen molar-refractivity contribution in [2.24, 2.45) is 0 Å². The van der Waals surface area contributed by atoms with Crippen molar-refractivity contribution in [3.8, 4) is 0 Å². The van der Waals surface area contributed by atoms with E-state index in [0.717, 1.165) is 5.56 Å². The average Bonchev–Trinajstić information content (AvgIpc) is 2.16. The fraction of sp³-hybridized carbons (Fsp3) is 0.222. The fourth-order valence-electron chi connectivity index (χ4n) is 0.831. The monoisotopic (exact) mass is 215 g/mol. The van der Waals surface area contributed by atoms with Crippen LogP contribution in [0.4, 0.5) is 4.79 Å². The van der Waals surface area contributed by atoms with Crippen LogP contribution < -0.4 is 5.32 Å². The molecule has 1 rings (SSSR count).